The molecule has 0 radical (unpaired) electrons. The number of carbonyl (C=O) groups excluding carboxylic acids is 1. The Morgan fingerprint density at radius 3 is 2.77 bits per heavy atom. The highest BCUT2D eigenvalue weighted by Gasteiger charge is 2.26. The van der Waals surface area contributed by atoms with E-state index >= 15 is 0 Å². The highest BCUT2D eigenvalue weighted by atomic mass is 16.5. The van der Waals surface area contributed by atoms with E-state index in [2.05, 4.69) is 9.88 Å². The molecule has 0 spiro atoms. The van der Waals surface area contributed by atoms with Gasteiger partial charge >= 0.3 is 0 Å². The van der Waals surface area contributed by atoms with Gasteiger partial charge in [-0.1, -0.05) is 18.2 Å². The molecule has 4 rings (SSSR count). The largest absolute Gasteiger partial charge is 0.377 e. The number of carbonyl (C=O) groups is 1. The fourth-order valence-electron chi connectivity index (χ4n) is 4.08. The molecule has 1 unspecified atom stereocenters. The lowest BCUT2D eigenvalue weighted by molar-refractivity contribution is 0.0433. The molecule has 2 aliphatic heterocycles. The Morgan fingerprint density at radius 2 is 2.04 bits per heavy atom. The Labute approximate surface area is 154 Å². The zero-order chi connectivity index (χ0) is 18.1. The van der Waals surface area contributed by atoms with Crippen molar-refractivity contribution in [3.8, 4) is 0 Å². The molecule has 1 aromatic carbocycles. The number of hydrogen-bond donors (Lipinski definition) is 0. The fraction of sp³-hybridized carbons (Fsp3) is 0.524. The van der Waals surface area contributed by atoms with Crippen molar-refractivity contribution >= 4 is 16.8 Å². The van der Waals surface area contributed by atoms with Gasteiger partial charge in [-0.25, -0.2) is 0 Å². The minimum atomic E-state index is 0.128. The molecule has 5 nitrogen and oxygen atoms in total. The van der Waals surface area contributed by atoms with Gasteiger partial charge < -0.3 is 9.64 Å². The standard InChI is InChI=1S/C21H27N3O2/c1-15-5-3-7-18-19(13-16(2)22-20(15)18)21(25)24-10-8-23(9-11-24)14-17-6-4-12-26-17/h3,5,7,13,17H,4,6,8-12,14H2,1-2H3. The van der Waals surface area contributed by atoms with Crippen molar-refractivity contribution in [2.45, 2.75) is 32.8 Å². The number of amides is 1. The summed E-state index contributed by atoms with van der Waals surface area (Å²) in [5.41, 5.74) is 3.73. The van der Waals surface area contributed by atoms with Gasteiger partial charge in [0.2, 0.25) is 0 Å². The van der Waals surface area contributed by atoms with E-state index in [1.165, 1.54) is 12.8 Å². The first-order valence-electron chi connectivity index (χ1n) is 9.62. The molecule has 138 valence electrons. The van der Waals surface area contributed by atoms with Crippen LogP contribution in [0.2, 0.25) is 0 Å². The quantitative estimate of drug-likeness (QED) is 0.851. The lowest BCUT2D eigenvalue weighted by Crippen LogP contribution is -2.50. The molecule has 0 aliphatic carbocycles. The zero-order valence-electron chi connectivity index (χ0n) is 15.7. The van der Waals surface area contributed by atoms with E-state index in [9.17, 15) is 4.79 Å². The minimum absolute atomic E-state index is 0.128. The van der Waals surface area contributed by atoms with Crippen LogP contribution in [-0.4, -0.2) is 66.1 Å². The maximum atomic E-state index is 13.2. The zero-order valence-corrected chi connectivity index (χ0v) is 15.7. The molecule has 1 amide bonds. The summed E-state index contributed by atoms with van der Waals surface area (Å²) in [6.45, 7) is 9.31. The Bertz CT molecular complexity index is 806. The molecule has 1 aromatic heterocycles. The van der Waals surface area contributed by atoms with Crippen LogP contribution in [0.5, 0.6) is 0 Å². The van der Waals surface area contributed by atoms with E-state index in [4.69, 9.17) is 4.74 Å². The van der Waals surface area contributed by atoms with Gasteiger partial charge in [0.15, 0.2) is 0 Å². The number of aromatic nitrogens is 1. The Kier molecular flexibility index (Phi) is 4.92. The molecule has 0 N–H and O–H groups in total. The van der Waals surface area contributed by atoms with Gasteiger partial charge in [-0.2, -0.15) is 0 Å². The van der Waals surface area contributed by atoms with Crippen LogP contribution in [0.15, 0.2) is 24.3 Å². The summed E-state index contributed by atoms with van der Waals surface area (Å²) >= 11 is 0. The van der Waals surface area contributed by atoms with Gasteiger partial charge in [-0.3, -0.25) is 14.7 Å². The molecule has 5 heteroatoms. The number of piperazine rings is 1. The highest BCUT2D eigenvalue weighted by molar-refractivity contribution is 6.06. The van der Waals surface area contributed by atoms with Crippen LogP contribution < -0.4 is 0 Å². The van der Waals surface area contributed by atoms with E-state index < -0.39 is 0 Å². The molecule has 2 aliphatic rings. The van der Waals surface area contributed by atoms with Gasteiger partial charge in [0.25, 0.3) is 5.91 Å². The normalized spacial score (nSPS) is 21.5. The van der Waals surface area contributed by atoms with E-state index in [-0.39, 0.29) is 5.91 Å². The van der Waals surface area contributed by atoms with E-state index in [1.54, 1.807) is 0 Å². The first-order chi connectivity index (χ1) is 12.6. The SMILES string of the molecule is Cc1cc(C(=O)N2CCN(CC3CCCO3)CC2)c2cccc(C)c2n1. The molecule has 0 saturated carbocycles. The summed E-state index contributed by atoms with van der Waals surface area (Å²) < 4.78 is 5.74. The fourth-order valence-corrected chi connectivity index (χ4v) is 4.08. The summed E-state index contributed by atoms with van der Waals surface area (Å²) in [5.74, 6) is 0.128. The van der Waals surface area contributed by atoms with Gasteiger partial charge in [0, 0.05) is 50.4 Å². The molecule has 2 saturated heterocycles. The summed E-state index contributed by atoms with van der Waals surface area (Å²) in [6.07, 6.45) is 2.73. The average molecular weight is 353 g/mol. The monoisotopic (exact) mass is 353 g/mol. The number of pyridine rings is 1. The summed E-state index contributed by atoms with van der Waals surface area (Å²) in [6, 6.07) is 8.00. The number of ether oxygens (including phenoxy) is 1. The van der Waals surface area contributed by atoms with Gasteiger partial charge in [-0.15, -0.1) is 0 Å². The lowest BCUT2D eigenvalue weighted by atomic mass is 10.0. The van der Waals surface area contributed by atoms with Crippen molar-refractivity contribution in [1.29, 1.82) is 0 Å². The van der Waals surface area contributed by atoms with E-state index in [0.29, 0.717) is 6.10 Å². The van der Waals surface area contributed by atoms with Crippen molar-refractivity contribution in [2.24, 2.45) is 0 Å². The third kappa shape index (κ3) is 3.46. The Balaban J connectivity index is 1.48. The molecule has 26 heavy (non-hydrogen) atoms. The number of aryl methyl sites for hydroxylation is 2. The predicted molar refractivity (Wildman–Crippen MR) is 103 cm³/mol. The first-order valence-corrected chi connectivity index (χ1v) is 9.62. The van der Waals surface area contributed by atoms with Crippen LogP contribution in [0, 0.1) is 13.8 Å². The second-order valence-electron chi connectivity index (χ2n) is 7.51. The first kappa shape index (κ1) is 17.4. The topological polar surface area (TPSA) is 45.7 Å². The number of nitrogens with zero attached hydrogens (tertiary/aromatic N) is 3. The van der Waals surface area contributed by atoms with Crippen LogP contribution in [-0.2, 0) is 4.74 Å². The number of para-hydroxylation sites is 1. The predicted octanol–water partition coefficient (Wildman–Crippen LogP) is 2.79. The van der Waals surface area contributed by atoms with Crippen LogP contribution in [0.4, 0.5) is 0 Å². The summed E-state index contributed by atoms with van der Waals surface area (Å²) in [4.78, 5) is 22.2. The molecule has 2 aromatic rings. The van der Waals surface area contributed by atoms with Gasteiger partial charge in [0.1, 0.15) is 0 Å². The maximum Gasteiger partial charge on any atom is 0.254 e. The number of benzene rings is 1. The Hall–Kier alpha value is -1.98. The van der Waals surface area contributed by atoms with Crippen LogP contribution >= 0.6 is 0 Å². The molecule has 3 heterocycles. The van der Waals surface area contributed by atoms with Gasteiger partial charge in [-0.05, 0) is 38.3 Å². The number of rotatable bonds is 3. The van der Waals surface area contributed by atoms with Crippen molar-refractivity contribution in [2.75, 3.05) is 39.3 Å². The highest BCUT2D eigenvalue weighted by Crippen LogP contribution is 2.23. The molecular weight excluding hydrogens is 326 g/mol. The van der Waals surface area contributed by atoms with Crippen molar-refractivity contribution in [1.82, 2.24) is 14.8 Å². The van der Waals surface area contributed by atoms with E-state index in [0.717, 1.165) is 67.1 Å². The average Bonchev–Trinajstić information content (AvgIpc) is 3.15. The van der Waals surface area contributed by atoms with E-state index in [1.807, 2.05) is 43.0 Å². The third-order valence-electron chi connectivity index (χ3n) is 5.55. The van der Waals surface area contributed by atoms with Crippen molar-refractivity contribution in [3.05, 3.63) is 41.1 Å². The second kappa shape index (κ2) is 7.33. The minimum Gasteiger partial charge on any atom is -0.377 e. The lowest BCUT2D eigenvalue weighted by Gasteiger charge is -2.36. The van der Waals surface area contributed by atoms with Crippen molar-refractivity contribution in [3.63, 3.8) is 0 Å². The Morgan fingerprint density at radius 1 is 1.23 bits per heavy atom. The van der Waals surface area contributed by atoms with Crippen molar-refractivity contribution < 1.29 is 9.53 Å². The number of hydrogen-bond acceptors (Lipinski definition) is 4. The third-order valence-corrected chi connectivity index (χ3v) is 5.55. The molecule has 2 fully saturated rings. The van der Waals surface area contributed by atoms with Crippen LogP contribution in [0.3, 0.4) is 0 Å². The molecule has 0 bridgehead atoms. The van der Waals surface area contributed by atoms with Gasteiger partial charge in [0.05, 0.1) is 17.2 Å². The summed E-state index contributed by atoms with van der Waals surface area (Å²) in [7, 11) is 0. The van der Waals surface area contributed by atoms with Crippen LogP contribution in [0.1, 0.15) is 34.5 Å². The smallest absolute Gasteiger partial charge is 0.254 e. The maximum absolute atomic E-state index is 13.2. The summed E-state index contributed by atoms with van der Waals surface area (Å²) in [5, 5.41) is 0.961. The second-order valence-corrected chi connectivity index (χ2v) is 7.51. The molecule has 1 atom stereocenters. The molecular formula is C21H27N3O2. The van der Waals surface area contributed by atoms with Crippen LogP contribution in [0.25, 0.3) is 10.9 Å². The number of fused-ring (bicyclic) bond motifs is 1.